The lowest BCUT2D eigenvalue weighted by atomic mass is 10.2. The van der Waals surface area contributed by atoms with Crippen LogP contribution in [0.1, 0.15) is 6.92 Å². The minimum atomic E-state index is -0.787. The summed E-state index contributed by atoms with van der Waals surface area (Å²) in [6.07, 6.45) is 0. The average Bonchev–Trinajstić information content (AvgIpc) is 2.90. The van der Waals surface area contributed by atoms with Gasteiger partial charge in [0.05, 0.1) is 19.9 Å². The number of nitrogens with one attached hydrogen (secondary N) is 4. The molecule has 0 bridgehead atoms. The molecule has 0 saturated carbocycles. The van der Waals surface area contributed by atoms with Crippen molar-refractivity contribution in [1.29, 1.82) is 0 Å². The Morgan fingerprint density at radius 2 is 1.24 bits per heavy atom. The first-order valence-electron chi connectivity index (χ1n) is 11.3. The molecule has 4 rings (SSSR count). The van der Waals surface area contributed by atoms with Gasteiger partial charge in [-0.3, -0.25) is 4.79 Å². The number of rotatable bonds is 10. The van der Waals surface area contributed by atoms with Crippen LogP contribution in [0.15, 0.2) is 72.8 Å². The standard InChI is InChI=1S/C26H26FN7O3/c1-16(23(35)31-22-7-5-4-6-21(22)27)28-24-32-25(29-17-8-12-19(36-2)13-9-17)34-26(33-24)30-18-10-14-20(37-3)15-11-18/h4-16H,1-3H3,(H,31,35)(H3,28,29,30,32,33,34). The van der Waals surface area contributed by atoms with Crippen molar-refractivity contribution in [3.63, 3.8) is 0 Å². The number of carbonyl (C=O) groups excluding carboxylic acids is 1. The summed E-state index contributed by atoms with van der Waals surface area (Å²) in [5, 5.41) is 11.8. The van der Waals surface area contributed by atoms with Crippen molar-refractivity contribution in [3.8, 4) is 11.5 Å². The maximum absolute atomic E-state index is 14.0. The molecule has 0 saturated heterocycles. The van der Waals surface area contributed by atoms with Crippen LogP contribution in [0, 0.1) is 5.82 Å². The number of anilines is 6. The third-order valence-corrected chi connectivity index (χ3v) is 5.20. The molecule has 190 valence electrons. The first-order chi connectivity index (χ1) is 17.9. The number of hydrogen-bond donors (Lipinski definition) is 4. The first kappa shape index (κ1) is 25.2. The summed E-state index contributed by atoms with van der Waals surface area (Å²) in [6, 6.07) is 19.6. The van der Waals surface area contributed by atoms with Crippen molar-refractivity contribution in [2.24, 2.45) is 0 Å². The summed E-state index contributed by atoms with van der Waals surface area (Å²) >= 11 is 0. The van der Waals surface area contributed by atoms with E-state index in [9.17, 15) is 9.18 Å². The molecule has 0 aliphatic rings. The van der Waals surface area contributed by atoms with E-state index in [0.29, 0.717) is 11.5 Å². The molecule has 4 N–H and O–H groups in total. The molecule has 1 unspecified atom stereocenters. The molecule has 4 aromatic rings. The molecule has 1 amide bonds. The zero-order valence-corrected chi connectivity index (χ0v) is 20.4. The highest BCUT2D eigenvalue weighted by atomic mass is 19.1. The van der Waals surface area contributed by atoms with Gasteiger partial charge in [-0.15, -0.1) is 0 Å². The number of nitrogens with zero attached hydrogens (tertiary/aromatic N) is 3. The highest BCUT2D eigenvalue weighted by Gasteiger charge is 2.17. The van der Waals surface area contributed by atoms with Gasteiger partial charge in [-0.25, -0.2) is 4.39 Å². The molecule has 1 heterocycles. The molecular weight excluding hydrogens is 477 g/mol. The molecule has 37 heavy (non-hydrogen) atoms. The van der Waals surface area contributed by atoms with Gasteiger partial charge < -0.3 is 30.7 Å². The Kier molecular flexibility index (Phi) is 7.94. The molecule has 10 nitrogen and oxygen atoms in total. The lowest BCUT2D eigenvalue weighted by Gasteiger charge is -2.16. The van der Waals surface area contributed by atoms with E-state index in [1.54, 1.807) is 57.5 Å². The van der Waals surface area contributed by atoms with Crippen LogP contribution in [-0.4, -0.2) is 41.1 Å². The molecule has 1 aromatic heterocycles. The van der Waals surface area contributed by atoms with Crippen molar-refractivity contribution in [2.45, 2.75) is 13.0 Å². The highest BCUT2D eigenvalue weighted by molar-refractivity contribution is 5.96. The molecule has 3 aromatic carbocycles. The SMILES string of the molecule is COc1ccc(Nc2nc(Nc3ccc(OC)cc3)nc(NC(C)C(=O)Nc3ccccc3F)n2)cc1. The van der Waals surface area contributed by atoms with Gasteiger partial charge in [-0.2, -0.15) is 15.0 Å². The van der Waals surface area contributed by atoms with Crippen LogP contribution in [0.3, 0.4) is 0 Å². The van der Waals surface area contributed by atoms with Gasteiger partial charge in [-0.1, -0.05) is 12.1 Å². The average molecular weight is 504 g/mol. The van der Waals surface area contributed by atoms with Crippen molar-refractivity contribution < 1.29 is 18.7 Å². The van der Waals surface area contributed by atoms with Gasteiger partial charge in [0.25, 0.3) is 0 Å². The zero-order chi connectivity index (χ0) is 26.2. The van der Waals surface area contributed by atoms with E-state index in [1.807, 2.05) is 24.3 Å². The van der Waals surface area contributed by atoms with Crippen LogP contribution in [0.4, 0.5) is 39.3 Å². The fourth-order valence-corrected chi connectivity index (χ4v) is 3.22. The van der Waals surface area contributed by atoms with Gasteiger partial charge in [0, 0.05) is 11.4 Å². The molecular formula is C26H26FN7O3. The Morgan fingerprint density at radius 3 is 1.73 bits per heavy atom. The van der Waals surface area contributed by atoms with E-state index < -0.39 is 17.8 Å². The second kappa shape index (κ2) is 11.7. The number of aromatic nitrogens is 3. The summed E-state index contributed by atoms with van der Waals surface area (Å²) in [5.74, 6) is 1.04. The largest absolute Gasteiger partial charge is 0.497 e. The summed E-state index contributed by atoms with van der Waals surface area (Å²) < 4.78 is 24.3. The lowest BCUT2D eigenvalue weighted by molar-refractivity contribution is -0.116. The summed E-state index contributed by atoms with van der Waals surface area (Å²) in [6.45, 7) is 1.62. The lowest BCUT2D eigenvalue weighted by Crippen LogP contribution is -2.33. The summed E-state index contributed by atoms with van der Waals surface area (Å²) in [4.78, 5) is 25.9. The number of amides is 1. The first-order valence-corrected chi connectivity index (χ1v) is 11.3. The smallest absolute Gasteiger partial charge is 0.246 e. The number of ether oxygens (including phenoxy) is 2. The van der Waals surface area contributed by atoms with Gasteiger partial charge >= 0.3 is 0 Å². The Hall–Kier alpha value is -4.93. The minimum absolute atomic E-state index is 0.0838. The second-order valence-corrected chi connectivity index (χ2v) is 7.85. The fraction of sp³-hybridized carbons (Fsp3) is 0.154. The fourth-order valence-electron chi connectivity index (χ4n) is 3.22. The number of carbonyl (C=O) groups is 1. The van der Waals surface area contributed by atoms with Gasteiger partial charge in [0.2, 0.25) is 23.8 Å². The minimum Gasteiger partial charge on any atom is -0.497 e. The monoisotopic (exact) mass is 503 g/mol. The Bertz CT molecular complexity index is 1280. The van der Waals surface area contributed by atoms with E-state index in [-0.39, 0.29) is 23.5 Å². The van der Waals surface area contributed by atoms with Gasteiger partial charge in [0.1, 0.15) is 23.4 Å². The number of halogens is 1. The second-order valence-electron chi connectivity index (χ2n) is 7.85. The van der Waals surface area contributed by atoms with Crippen LogP contribution in [-0.2, 0) is 4.79 Å². The summed E-state index contributed by atoms with van der Waals surface area (Å²) in [5.41, 5.74) is 1.53. The maximum Gasteiger partial charge on any atom is 0.246 e. The molecule has 0 fully saturated rings. The molecule has 1 atom stereocenters. The molecule has 0 spiro atoms. The molecule has 11 heteroatoms. The van der Waals surface area contributed by atoms with E-state index in [4.69, 9.17) is 9.47 Å². The number of hydrogen-bond acceptors (Lipinski definition) is 9. The van der Waals surface area contributed by atoms with E-state index in [1.165, 1.54) is 12.1 Å². The quantitative estimate of drug-likeness (QED) is 0.238. The third kappa shape index (κ3) is 6.82. The highest BCUT2D eigenvalue weighted by Crippen LogP contribution is 2.22. The predicted molar refractivity (Wildman–Crippen MR) is 140 cm³/mol. The van der Waals surface area contributed by atoms with Crippen molar-refractivity contribution in [3.05, 3.63) is 78.6 Å². The van der Waals surface area contributed by atoms with Crippen LogP contribution in [0.5, 0.6) is 11.5 Å². The molecule has 0 radical (unpaired) electrons. The number of methoxy groups -OCH3 is 2. The normalized spacial score (nSPS) is 11.2. The van der Waals surface area contributed by atoms with E-state index in [0.717, 1.165) is 11.4 Å². The topological polar surface area (TPSA) is 122 Å². The van der Waals surface area contributed by atoms with Crippen molar-refractivity contribution >= 4 is 40.8 Å². The van der Waals surface area contributed by atoms with Gasteiger partial charge in [0.15, 0.2) is 0 Å². The van der Waals surface area contributed by atoms with Gasteiger partial charge in [-0.05, 0) is 67.6 Å². The Morgan fingerprint density at radius 1 is 0.757 bits per heavy atom. The predicted octanol–water partition coefficient (Wildman–Crippen LogP) is 4.95. The Labute approximate surface area is 213 Å². The molecule has 0 aliphatic heterocycles. The maximum atomic E-state index is 14.0. The van der Waals surface area contributed by atoms with E-state index in [2.05, 4.69) is 36.2 Å². The van der Waals surface area contributed by atoms with E-state index >= 15 is 0 Å². The Balaban J connectivity index is 1.56. The van der Waals surface area contributed by atoms with Crippen LogP contribution >= 0.6 is 0 Å². The molecule has 0 aliphatic carbocycles. The van der Waals surface area contributed by atoms with Crippen LogP contribution in [0.25, 0.3) is 0 Å². The number of benzene rings is 3. The zero-order valence-electron chi connectivity index (χ0n) is 20.4. The van der Waals surface area contributed by atoms with Crippen molar-refractivity contribution in [1.82, 2.24) is 15.0 Å². The summed E-state index contributed by atoms with van der Waals surface area (Å²) in [7, 11) is 3.18. The third-order valence-electron chi connectivity index (χ3n) is 5.20. The number of para-hydroxylation sites is 1. The van der Waals surface area contributed by atoms with Crippen LogP contribution < -0.4 is 30.7 Å². The van der Waals surface area contributed by atoms with Crippen LogP contribution in [0.2, 0.25) is 0 Å². The van der Waals surface area contributed by atoms with Crippen molar-refractivity contribution in [2.75, 3.05) is 35.5 Å².